The van der Waals surface area contributed by atoms with Crippen molar-refractivity contribution >= 4 is 20.0 Å². The third kappa shape index (κ3) is 6.00. The molecule has 0 spiro atoms. The molecule has 0 amide bonds. The van der Waals surface area contributed by atoms with E-state index < -0.39 is 20.0 Å². The van der Waals surface area contributed by atoms with Gasteiger partial charge in [0.05, 0.1) is 10.6 Å². The van der Waals surface area contributed by atoms with E-state index in [1.54, 1.807) is 24.3 Å². The highest BCUT2D eigenvalue weighted by atomic mass is 32.2. The largest absolute Gasteiger partial charge is 0.240 e. The summed E-state index contributed by atoms with van der Waals surface area (Å²) in [5.74, 6) is -0.245. The quantitative estimate of drug-likeness (QED) is 0.684. The lowest BCUT2D eigenvalue weighted by Crippen LogP contribution is -2.27. The zero-order valence-electron chi connectivity index (χ0n) is 11.4. The Morgan fingerprint density at radius 1 is 1.10 bits per heavy atom. The van der Waals surface area contributed by atoms with Gasteiger partial charge in [-0.3, -0.25) is 0 Å². The first-order chi connectivity index (χ1) is 9.24. The lowest BCUT2D eigenvalue weighted by molar-refractivity contribution is 0.576. The minimum Gasteiger partial charge on any atom is -0.229 e. The van der Waals surface area contributed by atoms with Gasteiger partial charge in [-0.2, -0.15) is 0 Å². The molecular formula is C12H20N2O4S2. The Morgan fingerprint density at radius 2 is 1.70 bits per heavy atom. The summed E-state index contributed by atoms with van der Waals surface area (Å²) in [7, 11) is -7.15. The van der Waals surface area contributed by atoms with Crippen molar-refractivity contribution in [1.82, 2.24) is 4.72 Å². The summed E-state index contributed by atoms with van der Waals surface area (Å²) in [5, 5.41) is 4.84. The van der Waals surface area contributed by atoms with Crippen LogP contribution in [0.1, 0.15) is 25.3 Å². The van der Waals surface area contributed by atoms with Crippen LogP contribution in [0.4, 0.5) is 0 Å². The van der Waals surface area contributed by atoms with Gasteiger partial charge in [-0.15, -0.1) is 0 Å². The number of aryl methyl sites for hydroxylation is 1. The second-order valence-electron chi connectivity index (χ2n) is 4.51. The molecule has 0 saturated heterocycles. The summed E-state index contributed by atoms with van der Waals surface area (Å²) >= 11 is 0. The molecule has 20 heavy (non-hydrogen) atoms. The molecule has 1 aromatic rings. The molecule has 0 aliphatic carbocycles. The molecule has 3 N–H and O–H groups in total. The summed E-state index contributed by atoms with van der Waals surface area (Å²) in [6, 6.07) is 6.66. The van der Waals surface area contributed by atoms with Gasteiger partial charge in [0.2, 0.25) is 20.0 Å². The molecular weight excluding hydrogens is 300 g/mol. The number of sulfonamides is 2. The molecule has 0 fully saturated rings. The van der Waals surface area contributed by atoms with Crippen LogP contribution in [-0.4, -0.2) is 29.1 Å². The first kappa shape index (κ1) is 17.1. The molecule has 0 heterocycles. The predicted octanol–water partition coefficient (Wildman–Crippen LogP) is 0.596. The predicted molar refractivity (Wildman–Crippen MR) is 78.2 cm³/mol. The van der Waals surface area contributed by atoms with Gasteiger partial charge >= 0.3 is 0 Å². The number of nitrogens with one attached hydrogen (secondary N) is 1. The topological polar surface area (TPSA) is 106 Å². The third-order valence-corrected chi connectivity index (χ3v) is 5.00. The molecule has 114 valence electrons. The monoisotopic (exact) mass is 320 g/mol. The van der Waals surface area contributed by atoms with Gasteiger partial charge in [0.15, 0.2) is 0 Å². The highest BCUT2D eigenvalue weighted by molar-refractivity contribution is 7.89. The Morgan fingerprint density at radius 3 is 2.20 bits per heavy atom. The van der Waals surface area contributed by atoms with E-state index in [2.05, 4.69) is 11.6 Å². The summed E-state index contributed by atoms with van der Waals surface area (Å²) in [5.41, 5.74) is 1.08. The average Bonchev–Trinajstić information content (AvgIpc) is 2.35. The fourth-order valence-corrected chi connectivity index (χ4v) is 3.31. The van der Waals surface area contributed by atoms with Gasteiger partial charge in [0.25, 0.3) is 0 Å². The van der Waals surface area contributed by atoms with Crippen molar-refractivity contribution in [2.24, 2.45) is 5.14 Å². The van der Waals surface area contributed by atoms with Crippen molar-refractivity contribution in [3.05, 3.63) is 29.8 Å². The van der Waals surface area contributed by atoms with Crippen LogP contribution in [0.25, 0.3) is 0 Å². The van der Waals surface area contributed by atoms with Crippen LogP contribution >= 0.6 is 0 Å². The Kier molecular flexibility index (Phi) is 6.12. The van der Waals surface area contributed by atoms with Gasteiger partial charge < -0.3 is 0 Å². The molecule has 0 atom stereocenters. The number of hydrogen-bond acceptors (Lipinski definition) is 4. The van der Waals surface area contributed by atoms with Crippen molar-refractivity contribution in [2.45, 2.75) is 31.1 Å². The van der Waals surface area contributed by atoms with Gasteiger partial charge in [0, 0.05) is 6.54 Å². The van der Waals surface area contributed by atoms with Gasteiger partial charge in [-0.25, -0.2) is 26.7 Å². The Balaban J connectivity index is 2.60. The van der Waals surface area contributed by atoms with Gasteiger partial charge in [-0.05, 0) is 30.5 Å². The van der Waals surface area contributed by atoms with Gasteiger partial charge in [-0.1, -0.05) is 25.5 Å². The van der Waals surface area contributed by atoms with Crippen LogP contribution < -0.4 is 9.86 Å². The summed E-state index contributed by atoms with van der Waals surface area (Å²) < 4.78 is 47.7. The van der Waals surface area contributed by atoms with Crippen LogP contribution in [0.5, 0.6) is 0 Å². The van der Waals surface area contributed by atoms with Crippen LogP contribution in [-0.2, 0) is 26.5 Å². The van der Waals surface area contributed by atoms with Crippen molar-refractivity contribution in [3.8, 4) is 0 Å². The smallest absolute Gasteiger partial charge is 0.229 e. The van der Waals surface area contributed by atoms with E-state index >= 15 is 0 Å². The molecule has 1 rings (SSSR count). The van der Waals surface area contributed by atoms with Crippen molar-refractivity contribution < 1.29 is 16.8 Å². The van der Waals surface area contributed by atoms with E-state index in [4.69, 9.17) is 5.14 Å². The maximum atomic E-state index is 11.9. The fourth-order valence-electron chi connectivity index (χ4n) is 1.69. The Labute approximate surface area is 120 Å². The maximum Gasteiger partial charge on any atom is 0.240 e. The summed E-state index contributed by atoms with van der Waals surface area (Å²) in [6.07, 6.45) is 2.05. The molecule has 0 radical (unpaired) electrons. The van der Waals surface area contributed by atoms with Crippen LogP contribution in [0.15, 0.2) is 29.2 Å². The molecule has 6 nitrogen and oxygen atoms in total. The summed E-state index contributed by atoms with van der Waals surface area (Å²) in [4.78, 5) is 0.174. The lowest BCUT2D eigenvalue weighted by Gasteiger charge is -2.07. The van der Waals surface area contributed by atoms with Crippen LogP contribution in [0, 0.1) is 0 Å². The van der Waals surface area contributed by atoms with Crippen molar-refractivity contribution in [1.29, 1.82) is 0 Å². The molecule has 0 saturated carbocycles. The second-order valence-corrected chi connectivity index (χ2v) is 8.01. The molecule has 0 aliphatic heterocycles. The molecule has 1 aromatic carbocycles. The van der Waals surface area contributed by atoms with E-state index in [9.17, 15) is 16.8 Å². The molecule has 0 aromatic heterocycles. The number of primary sulfonamides is 1. The van der Waals surface area contributed by atoms with Crippen molar-refractivity contribution in [2.75, 3.05) is 12.3 Å². The van der Waals surface area contributed by atoms with E-state index in [0.717, 1.165) is 18.4 Å². The van der Waals surface area contributed by atoms with Crippen LogP contribution in [0.3, 0.4) is 0 Å². The first-order valence-corrected chi connectivity index (χ1v) is 9.53. The Bertz CT molecular complexity index is 622. The number of nitrogens with two attached hydrogens (primary N) is 1. The van der Waals surface area contributed by atoms with Crippen LogP contribution in [0.2, 0.25) is 0 Å². The third-order valence-electron chi connectivity index (χ3n) is 2.67. The number of hydrogen-bond donors (Lipinski definition) is 2. The highest BCUT2D eigenvalue weighted by Gasteiger charge is 2.13. The molecule has 8 heteroatoms. The number of rotatable bonds is 8. The first-order valence-electron chi connectivity index (χ1n) is 6.33. The summed E-state index contributed by atoms with van der Waals surface area (Å²) in [6.45, 7) is 2.09. The molecule has 0 aliphatic rings. The molecule has 0 bridgehead atoms. The van der Waals surface area contributed by atoms with Gasteiger partial charge in [0.1, 0.15) is 0 Å². The minimum absolute atomic E-state index is 0.0372. The SMILES string of the molecule is CCCc1ccc(S(=O)(=O)NCCCS(N)(=O)=O)cc1. The minimum atomic E-state index is -3.60. The number of benzene rings is 1. The standard InChI is InChI=1S/C12H20N2O4S2/c1-2-4-11-5-7-12(8-6-11)20(17,18)14-9-3-10-19(13,15)16/h5-8,14H,2-4,9-10H2,1H3,(H2,13,15,16). The van der Waals surface area contributed by atoms with E-state index in [-0.39, 0.29) is 23.6 Å². The van der Waals surface area contributed by atoms with E-state index in [1.165, 1.54) is 0 Å². The average molecular weight is 320 g/mol. The van der Waals surface area contributed by atoms with E-state index in [1.807, 2.05) is 0 Å². The lowest BCUT2D eigenvalue weighted by atomic mass is 10.1. The zero-order valence-corrected chi connectivity index (χ0v) is 13.0. The van der Waals surface area contributed by atoms with E-state index in [0.29, 0.717) is 0 Å². The maximum absolute atomic E-state index is 11.9. The normalized spacial score (nSPS) is 12.5. The second kappa shape index (κ2) is 7.16. The highest BCUT2D eigenvalue weighted by Crippen LogP contribution is 2.11. The zero-order chi connectivity index (χ0) is 15.2. The van der Waals surface area contributed by atoms with Crippen molar-refractivity contribution in [3.63, 3.8) is 0 Å². The fraction of sp³-hybridized carbons (Fsp3) is 0.500. The molecule has 0 unspecified atom stereocenters. The Hall–Kier alpha value is -0.960.